The van der Waals surface area contributed by atoms with Crippen LogP contribution in [0.5, 0.6) is 0 Å². The van der Waals surface area contributed by atoms with Gasteiger partial charge in [0, 0.05) is 32.4 Å². The molecular weight excluding hydrogens is 388 g/mol. The number of aromatic nitrogens is 2. The summed E-state index contributed by atoms with van der Waals surface area (Å²) in [5.41, 5.74) is 2.62. The van der Waals surface area contributed by atoms with Gasteiger partial charge in [-0.15, -0.1) is 0 Å². The van der Waals surface area contributed by atoms with Gasteiger partial charge in [-0.1, -0.05) is 23.4 Å². The summed E-state index contributed by atoms with van der Waals surface area (Å²) in [7, 11) is 5.02. The number of benzene rings is 2. The van der Waals surface area contributed by atoms with Gasteiger partial charge in [-0.05, 0) is 43.3 Å². The number of anilines is 1. The van der Waals surface area contributed by atoms with Crippen LogP contribution in [-0.4, -0.2) is 46.1 Å². The van der Waals surface area contributed by atoms with Gasteiger partial charge in [-0.3, -0.25) is 19.0 Å². The molecule has 0 atom stereocenters. The van der Waals surface area contributed by atoms with Crippen LogP contribution >= 0.6 is 11.8 Å². The normalized spacial score (nSPS) is 10.8. The summed E-state index contributed by atoms with van der Waals surface area (Å²) >= 11 is 1.20. The molecule has 7 nitrogen and oxygen atoms in total. The number of amides is 2. The van der Waals surface area contributed by atoms with E-state index in [4.69, 9.17) is 0 Å². The van der Waals surface area contributed by atoms with Gasteiger partial charge in [0.1, 0.15) is 0 Å². The molecule has 0 spiro atoms. The minimum atomic E-state index is -0.222. The maximum absolute atomic E-state index is 12.5. The lowest BCUT2D eigenvalue weighted by Gasteiger charge is -2.11. The molecule has 1 aromatic heterocycles. The first-order valence-electron chi connectivity index (χ1n) is 8.98. The molecular formula is C21H22N4O3S. The van der Waals surface area contributed by atoms with Crippen molar-refractivity contribution in [3.63, 3.8) is 0 Å². The number of hydrogen-bond acceptors (Lipinski definition) is 5. The molecule has 1 heterocycles. The van der Waals surface area contributed by atoms with Gasteiger partial charge >= 0.3 is 0 Å². The SMILES string of the molecule is Cc1ccc2nc(SCC(=O)Nc3ccc(C(=O)N(C)C)cc3)n(C)c(=O)c2c1. The van der Waals surface area contributed by atoms with E-state index in [2.05, 4.69) is 10.3 Å². The van der Waals surface area contributed by atoms with Crippen LogP contribution in [0.25, 0.3) is 10.9 Å². The van der Waals surface area contributed by atoms with E-state index in [1.165, 1.54) is 21.2 Å². The molecule has 0 bridgehead atoms. The predicted molar refractivity (Wildman–Crippen MR) is 116 cm³/mol. The van der Waals surface area contributed by atoms with Gasteiger partial charge in [-0.25, -0.2) is 4.98 Å². The molecule has 0 fully saturated rings. The van der Waals surface area contributed by atoms with E-state index in [0.29, 0.717) is 27.3 Å². The summed E-state index contributed by atoms with van der Waals surface area (Å²) in [6.07, 6.45) is 0. The fourth-order valence-electron chi connectivity index (χ4n) is 2.77. The lowest BCUT2D eigenvalue weighted by Crippen LogP contribution is -2.22. The highest BCUT2D eigenvalue weighted by molar-refractivity contribution is 7.99. The summed E-state index contributed by atoms with van der Waals surface area (Å²) in [5, 5.41) is 3.83. The number of rotatable bonds is 5. The van der Waals surface area contributed by atoms with Crippen molar-refractivity contribution in [2.45, 2.75) is 12.1 Å². The van der Waals surface area contributed by atoms with Crippen LogP contribution in [0.4, 0.5) is 5.69 Å². The Morgan fingerprint density at radius 3 is 2.48 bits per heavy atom. The van der Waals surface area contributed by atoms with Crippen molar-refractivity contribution < 1.29 is 9.59 Å². The molecule has 2 aromatic carbocycles. The molecule has 29 heavy (non-hydrogen) atoms. The van der Waals surface area contributed by atoms with Gasteiger partial charge in [0.15, 0.2) is 5.16 Å². The van der Waals surface area contributed by atoms with E-state index in [1.54, 1.807) is 45.4 Å². The van der Waals surface area contributed by atoms with Crippen LogP contribution in [0.1, 0.15) is 15.9 Å². The second-order valence-corrected chi connectivity index (χ2v) is 7.84. The Morgan fingerprint density at radius 2 is 1.83 bits per heavy atom. The molecule has 0 saturated carbocycles. The highest BCUT2D eigenvalue weighted by atomic mass is 32.2. The number of nitrogens with zero attached hydrogens (tertiary/aromatic N) is 3. The third-order valence-corrected chi connectivity index (χ3v) is 5.37. The van der Waals surface area contributed by atoms with Crippen LogP contribution < -0.4 is 10.9 Å². The Kier molecular flexibility index (Phi) is 6.03. The number of carbonyl (C=O) groups is 2. The third-order valence-electron chi connectivity index (χ3n) is 4.34. The standard InChI is InChI=1S/C21H22N4O3S/c1-13-5-10-17-16(11-13)20(28)25(4)21(23-17)29-12-18(26)22-15-8-6-14(7-9-15)19(27)24(2)3/h5-11H,12H2,1-4H3,(H,22,26). The Bertz CT molecular complexity index is 1140. The number of carbonyl (C=O) groups excluding carboxylic acids is 2. The van der Waals surface area contributed by atoms with E-state index in [9.17, 15) is 14.4 Å². The maximum atomic E-state index is 12.5. The zero-order valence-electron chi connectivity index (χ0n) is 16.7. The fourth-order valence-corrected chi connectivity index (χ4v) is 3.55. The third kappa shape index (κ3) is 4.65. The first kappa shape index (κ1) is 20.6. The van der Waals surface area contributed by atoms with Crippen molar-refractivity contribution in [1.29, 1.82) is 0 Å². The molecule has 2 amide bonds. The Labute approximate surface area is 172 Å². The molecule has 0 radical (unpaired) electrons. The van der Waals surface area contributed by atoms with Gasteiger partial charge in [0.25, 0.3) is 11.5 Å². The quantitative estimate of drug-likeness (QED) is 0.516. The van der Waals surface area contributed by atoms with E-state index < -0.39 is 0 Å². The minimum absolute atomic E-state index is 0.100. The number of thioether (sulfide) groups is 1. The van der Waals surface area contributed by atoms with Crippen molar-refractivity contribution >= 4 is 40.2 Å². The predicted octanol–water partition coefficient (Wildman–Crippen LogP) is 2.67. The highest BCUT2D eigenvalue weighted by Gasteiger charge is 2.12. The smallest absolute Gasteiger partial charge is 0.261 e. The first-order chi connectivity index (χ1) is 13.8. The minimum Gasteiger partial charge on any atom is -0.345 e. The van der Waals surface area contributed by atoms with Gasteiger partial charge in [0.2, 0.25) is 5.91 Å². The van der Waals surface area contributed by atoms with E-state index in [-0.39, 0.29) is 23.1 Å². The van der Waals surface area contributed by atoms with Gasteiger partial charge < -0.3 is 10.2 Å². The molecule has 0 saturated heterocycles. The molecule has 0 aliphatic rings. The van der Waals surface area contributed by atoms with Crippen LogP contribution in [0.3, 0.4) is 0 Å². The zero-order valence-corrected chi connectivity index (χ0v) is 17.5. The van der Waals surface area contributed by atoms with Crippen molar-refractivity contribution in [3.05, 3.63) is 63.9 Å². The molecule has 0 aliphatic carbocycles. The van der Waals surface area contributed by atoms with Crippen molar-refractivity contribution in [2.24, 2.45) is 7.05 Å². The fraction of sp³-hybridized carbons (Fsp3) is 0.238. The zero-order chi connectivity index (χ0) is 21.1. The van der Waals surface area contributed by atoms with E-state index >= 15 is 0 Å². The van der Waals surface area contributed by atoms with Crippen molar-refractivity contribution in [2.75, 3.05) is 25.2 Å². The molecule has 3 rings (SSSR count). The summed E-state index contributed by atoms with van der Waals surface area (Å²) in [5.74, 6) is -0.215. The molecule has 0 unspecified atom stereocenters. The van der Waals surface area contributed by atoms with E-state index in [1.807, 2.05) is 25.1 Å². The monoisotopic (exact) mass is 410 g/mol. The maximum Gasteiger partial charge on any atom is 0.261 e. The van der Waals surface area contributed by atoms with Crippen LogP contribution in [0.15, 0.2) is 52.4 Å². The average molecular weight is 410 g/mol. The summed E-state index contributed by atoms with van der Waals surface area (Å²) < 4.78 is 1.46. The number of fused-ring (bicyclic) bond motifs is 1. The Morgan fingerprint density at radius 1 is 1.14 bits per heavy atom. The summed E-state index contributed by atoms with van der Waals surface area (Å²) in [6, 6.07) is 12.2. The van der Waals surface area contributed by atoms with Crippen molar-refractivity contribution in [3.8, 4) is 0 Å². The average Bonchev–Trinajstić information content (AvgIpc) is 2.70. The molecule has 150 valence electrons. The second kappa shape index (κ2) is 8.48. The summed E-state index contributed by atoms with van der Waals surface area (Å²) in [4.78, 5) is 42.8. The number of nitrogens with one attached hydrogen (secondary N) is 1. The lowest BCUT2D eigenvalue weighted by molar-refractivity contribution is -0.113. The molecule has 0 aliphatic heterocycles. The molecule has 1 N–H and O–H groups in total. The lowest BCUT2D eigenvalue weighted by atomic mass is 10.2. The highest BCUT2D eigenvalue weighted by Crippen LogP contribution is 2.18. The largest absolute Gasteiger partial charge is 0.345 e. The topological polar surface area (TPSA) is 84.3 Å². The summed E-state index contributed by atoms with van der Waals surface area (Å²) in [6.45, 7) is 1.93. The second-order valence-electron chi connectivity index (χ2n) is 6.89. The molecule has 8 heteroatoms. The van der Waals surface area contributed by atoms with Gasteiger partial charge in [-0.2, -0.15) is 0 Å². The Hall–Kier alpha value is -3.13. The van der Waals surface area contributed by atoms with E-state index in [0.717, 1.165) is 5.56 Å². The van der Waals surface area contributed by atoms with Crippen LogP contribution in [-0.2, 0) is 11.8 Å². The Balaban J connectivity index is 1.68. The van der Waals surface area contributed by atoms with Crippen LogP contribution in [0, 0.1) is 6.92 Å². The number of aryl methyl sites for hydroxylation is 1. The number of hydrogen-bond donors (Lipinski definition) is 1. The first-order valence-corrected chi connectivity index (χ1v) is 9.96. The van der Waals surface area contributed by atoms with Crippen LogP contribution in [0.2, 0.25) is 0 Å². The van der Waals surface area contributed by atoms with Gasteiger partial charge in [0.05, 0.1) is 16.7 Å². The van der Waals surface area contributed by atoms with Crippen molar-refractivity contribution in [1.82, 2.24) is 14.5 Å². The molecule has 3 aromatic rings.